The van der Waals surface area contributed by atoms with Crippen LogP contribution in [0.25, 0.3) is 0 Å². The first kappa shape index (κ1) is 19.7. The van der Waals surface area contributed by atoms with Crippen molar-refractivity contribution in [1.82, 2.24) is 13.9 Å². The third-order valence-corrected chi connectivity index (χ3v) is 12.3. The molecule has 0 N–H and O–H groups in total. The van der Waals surface area contributed by atoms with E-state index in [1.54, 1.807) is 4.57 Å². The van der Waals surface area contributed by atoms with E-state index in [1.165, 1.54) is 17.5 Å². The van der Waals surface area contributed by atoms with Crippen LogP contribution in [0.15, 0.2) is 58.2 Å². The lowest BCUT2D eigenvalue weighted by Crippen LogP contribution is -2.74. The summed E-state index contributed by atoms with van der Waals surface area (Å²) in [7, 11) is 0. The van der Waals surface area contributed by atoms with Crippen molar-refractivity contribution in [3.05, 3.63) is 80.7 Å². The van der Waals surface area contributed by atoms with E-state index in [0.717, 1.165) is 25.7 Å². The van der Waals surface area contributed by atoms with Gasteiger partial charge in [-0.2, -0.15) is 0 Å². The number of fused-ring (bicyclic) bond motifs is 3. The maximum Gasteiger partial charge on any atom is 0.348 e. The first-order valence-electron chi connectivity index (χ1n) is 13.1. The molecule has 176 valence electrons. The fourth-order valence-corrected chi connectivity index (χ4v) is 10.0. The Hall–Kier alpha value is -2.56. The van der Waals surface area contributed by atoms with E-state index in [-0.39, 0.29) is 45.1 Å². The number of hydrogen-bond donors (Lipinski definition) is 0. The monoisotopic (exact) mass is 455 g/mol. The van der Waals surface area contributed by atoms with Crippen molar-refractivity contribution in [1.29, 1.82) is 0 Å². The highest BCUT2D eigenvalue weighted by atomic mass is 16.2. The zero-order valence-corrected chi connectivity index (χ0v) is 20.5. The van der Waals surface area contributed by atoms with E-state index in [1.807, 2.05) is 9.36 Å². The van der Waals surface area contributed by atoms with Crippen LogP contribution in [0.3, 0.4) is 0 Å². The van der Waals surface area contributed by atoms with Crippen molar-refractivity contribution in [2.75, 3.05) is 0 Å². The summed E-state index contributed by atoms with van der Waals surface area (Å²) in [4.78, 5) is 28.6. The Morgan fingerprint density at radius 1 is 0.941 bits per heavy atom. The number of benzene rings is 1. The second-order valence-corrected chi connectivity index (χ2v) is 13.0. The quantitative estimate of drug-likeness (QED) is 0.596. The van der Waals surface area contributed by atoms with Gasteiger partial charge in [-0.15, -0.1) is 0 Å². The lowest BCUT2D eigenvalue weighted by molar-refractivity contribution is -0.0557. The SMILES string of the molecule is CC1(C)[C@@H]2CC[C@@]1(C)[C@H](n1c(=O)n3n(c1=O)[C@]1(C)C=C[C@@H]3[C@]34C=C[C@]13c1ccccc1CC4)C2. The molecule has 5 nitrogen and oxygen atoms in total. The third kappa shape index (κ3) is 1.59. The summed E-state index contributed by atoms with van der Waals surface area (Å²) in [6.45, 7) is 9.21. The Morgan fingerprint density at radius 3 is 2.41 bits per heavy atom. The highest BCUT2D eigenvalue weighted by Crippen LogP contribution is 2.73. The highest BCUT2D eigenvalue weighted by Gasteiger charge is 2.74. The smallest absolute Gasteiger partial charge is 0.246 e. The maximum atomic E-state index is 14.4. The average molecular weight is 456 g/mol. The van der Waals surface area contributed by atoms with Crippen LogP contribution in [-0.2, 0) is 17.4 Å². The molecule has 4 bridgehead atoms. The topological polar surface area (TPSA) is 48.9 Å². The third-order valence-electron chi connectivity index (χ3n) is 12.3. The fourth-order valence-electron chi connectivity index (χ4n) is 10.0. The van der Waals surface area contributed by atoms with Gasteiger partial charge in [0.05, 0.1) is 17.0 Å². The van der Waals surface area contributed by atoms with E-state index in [4.69, 9.17) is 0 Å². The first-order valence-corrected chi connectivity index (χ1v) is 13.1. The predicted octanol–water partition coefficient (Wildman–Crippen LogP) is 4.48. The van der Waals surface area contributed by atoms with Gasteiger partial charge in [0, 0.05) is 11.5 Å². The van der Waals surface area contributed by atoms with Gasteiger partial charge in [0.2, 0.25) is 0 Å². The van der Waals surface area contributed by atoms with Crippen LogP contribution in [0.1, 0.15) is 76.6 Å². The molecule has 0 amide bonds. The van der Waals surface area contributed by atoms with Crippen molar-refractivity contribution in [3.63, 3.8) is 0 Å². The normalized spacial score (nSPS) is 45.5. The predicted molar refractivity (Wildman–Crippen MR) is 131 cm³/mol. The minimum atomic E-state index is -0.609. The lowest BCUT2D eigenvalue weighted by Gasteiger charge is -2.71. The fraction of sp³-hybridized carbons (Fsp3) is 0.586. The number of aryl methyl sites for hydroxylation is 1. The van der Waals surface area contributed by atoms with Crippen LogP contribution in [0.5, 0.6) is 0 Å². The van der Waals surface area contributed by atoms with Gasteiger partial charge in [-0.25, -0.2) is 23.5 Å². The minimum absolute atomic E-state index is 0.0234. The minimum Gasteiger partial charge on any atom is -0.246 e. The van der Waals surface area contributed by atoms with E-state index in [2.05, 4.69) is 76.3 Å². The second kappa shape index (κ2) is 5.32. The lowest BCUT2D eigenvalue weighted by atomic mass is 9.37. The van der Waals surface area contributed by atoms with Crippen LogP contribution in [-0.4, -0.2) is 13.9 Å². The molecule has 5 aliphatic carbocycles. The molecule has 9 rings (SSSR count). The summed E-state index contributed by atoms with van der Waals surface area (Å²) in [5, 5.41) is 0. The molecule has 2 aliphatic heterocycles. The molecule has 0 radical (unpaired) electrons. The molecule has 7 aliphatic rings. The molecule has 3 heterocycles. The number of hydrogen-bond acceptors (Lipinski definition) is 2. The van der Waals surface area contributed by atoms with Crippen LogP contribution in [0.2, 0.25) is 0 Å². The Bertz CT molecular complexity index is 1490. The number of aromatic nitrogens is 3. The molecular formula is C29H33N3O2. The van der Waals surface area contributed by atoms with Crippen molar-refractivity contribution in [2.45, 2.75) is 82.8 Å². The van der Waals surface area contributed by atoms with Gasteiger partial charge in [0.1, 0.15) is 0 Å². The van der Waals surface area contributed by atoms with Gasteiger partial charge in [0.25, 0.3) is 0 Å². The standard InChI is InChI=1S/C29H33N3O2/c1-25(2)19-10-12-26(25,3)22(17-19)30-23(33)31-21-11-13-27(4,32(31)24(30)34)29-16-15-28(21,29)14-9-18-7-5-6-8-20(18)29/h5-8,11,13,15-16,19,21-22H,9-10,12,14,17H2,1-4H3/t19-,21-,22-,26+,27-,28+,29+/m1/s1. The molecule has 0 unspecified atom stereocenters. The van der Waals surface area contributed by atoms with Gasteiger partial charge >= 0.3 is 11.4 Å². The van der Waals surface area contributed by atoms with Crippen molar-refractivity contribution >= 4 is 0 Å². The van der Waals surface area contributed by atoms with Gasteiger partial charge in [-0.1, -0.05) is 69.3 Å². The zero-order chi connectivity index (χ0) is 23.5. The molecule has 34 heavy (non-hydrogen) atoms. The van der Waals surface area contributed by atoms with Crippen molar-refractivity contribution in [2.24, 2.45) is 22.2 Å². The van der Waals surface area contributed by atoms with E-state index in [0.29, 0.717) is 5.92 Å². The van der Waals surface area contributed by atoms with Gasteiger partial charge < -0.3 is 0 Å². The molecule has 2 aromatic rings. The second-order valence-electron chi connectivity index (χ2n) is 13.0. The van der Waals surface area contributed by atoms with Crippen molar-refractivity contribution < 1.29 is 0 Å². The maximum absolute atomic E-state index is 14.4. The Labute approximate surface area is 199 Å². The Morgan fingerprint density at radius 2 is 1.74 bits per heavy atom. The summed E-state index contributed by atoms with van der Waals surface area (Å²) >= 11 is 0. The van der Waals surface area contributed by atoms with E-state index in [9.17, 15) is 9.59 Å². The van der Waals surface area contributed by atoms with Crippen LogP contribution in [0.4, 0.5) is 0 Å². The zero-order valence-electron chi connectivity index (χ0n) is 20.5. The summed E-state index contributed by atoms with van der Waals surface area (Å²) in [6, 6.07) is 8.62. The van der Waals surface area contributed by atoms with Crippen LogP contribution >= 0.6 is 0 Å². The van der Waals surface area contributed by atoms with Crippen LogP contribution in [0, 0.1) is 22.2 Å². The van der Waals surface area contributed by atoms with Crippen LogP contribution < -0.4 is 11.4 Å². The molecule has 0 saturated heterocycles. The summed E-state index contributed by atoms with van der Waals surface area (Å²) in [5.41, 5.74) is 1.59. The Kier molecular flexibility index (Phi) is 3.08. The number of rotatable bonds is 1. The average Bonchev–Trinajstić information content (AvgIpc) is 3.26. The largest absolute Gasteiger partial charge is 0.348 e. The highest BCUT2D eigenvalue weighted by molar-refractivity contribution is 5.59. The van der Waals surface area contributed by atoms with E-state index >= 15 is 0 Å². The van der Waals surface area contributed by atoms with Gasteiger partial charge in [-0.05, 0) is 66.9 Å². The molecule has 2 fully saturated rings. The molecule has 2 saturated carbocycles. The van der Waals surface area contributed by atoms with Gasteiger partial charge in [0.15, 0.2) is 0 Å². The Balaban J connectivity index is 1.42. The molecule has 7 atom stereocenters. The molecule has 1 aromatic carbocycles. The summed E-state index contributed by atoms with van der Waals surface area (Å²) in [5.74, 6) is 0.575. The first-order chi connectivity index (χ1) is 16.1. The number of allylic oxidation sites excluding steroid dienone is 4. The summed E-state index contributed by atoms with van der Waals surface area (Å²) in [6.07, 6.45) is 14.4. The molecular weight excluding hydrogens is 422 g/mol. The van der Waals surface area contributed by atoms with E-state index < -0.39 is 5.54 Å². The molecule has 5 heteroatoms. The van der Waals surface area contributed by atoms with Crippen molar-refractivity contribution in [3.8, 4) is 0 Å². The number of nitrogens with zero attached hydrogens (tertiary/aromatic N) is 3. The molecule has 1 aromatic heterocycles. The van der Waals surface area contributed by atoms with Gasteiger partial charge in [-0.3, -0.25) is 0 Å². The molecule has 0 spiro atoms. The summed E-state index contributed by atoms with van der Waals surface area (Å²) < 4.78 is 5.42.